The first-order chi connectivity index (χ1) is 10.7. The third-order valence-electron chi connectivity index (χ3n) is 3.14. The number of halogens is 1. The molecule has 2 aromatic carbocycles. The average Bonchev–Trinajstić information content (AvgIpc) is 2.56. The van der Waals surface area contributed by atoms with E-state index in [1.165, 1.54) is 6.20 Å². The lowest BCUT2D eigenvalue weighted by Gasteiger charge is -2.08. The summed E-state index contributed by atoms with van der Waals surface area (Å²) in [5, 5.41) is 9.44. The molecular formula is C18H15ClN2O. The number of para-hydroxylation sites is 1. The van der Waals surface area contributed by atoms with Gasteiger partial charge < -0.3 is 10.5 Å². The zero-order valence-electron chi connectivity index (χ0n) is 12.1. The maximum absolute atomic E-state index is 9.20. The SMILES string of the molecule is C/C(=C(C#N)\C(Cl)=C/N)c1ccc(Oc2ccccc2)cc1. The summed E-state index contributed by atoms with van der Waals surface area (Å²) in [4.78, 5) is 0. The van der Waals surface area contributed by atoms with Crippen molar-refractivity contribution in [3.63, 3.8) is 0 Å². The van der Waals surface area contributed by atoms with Crippen LogP contribution in [0, 0.1) is 11.3 Å². The molecule has 0 saturated carbocycles. The number of benzene rings is 2. The van der Waals surface area contributed by atoms with Crippen molar-refractivity contribution in [1.82, 2.24) is 0 Å². The summed E-state index contributed by atoms with van der Waals surface area (Å²) in [6, 6.07) is 19.1. The molecule has 0 aliphatic carbocycles. The summed E-state index contributed by atoms with van der Waals surface area (Å²) in [5.41, 5.74) is 7.39. The van der Waals surface area contributed by atoms with Gasteiger partial charge in [0.15, 0.2) is 0 Å². The van der Waals surface area contributed by atoms with Gasteiger partial charge in [0.2, 0.25) is 0 Å². The zero-order chi connectivity index (χ0) is 15.9. The monoisotopic (exact) mass is 310 g/mol. The minimum atomic E-state index is 0.240. The van der Waals surface area contributed by atoms with E-state index in [0.717, 1.165) is 22.6 Å². The second-order valence-corrected chi connectivity index (χ2v) is 4.97. The fourth-order valence-electron chi connectivity index (χ4n) is 1.94. The van der Waals surface area contributed by atoms with Crippen LogP contribution in [0.15, 0.2) is 71.4 Å². The maximum Gasteiger partial charge on any atom is 0.127 e. The molecule has 0 atom stereocenters. The number of nitrogens with zero attached hydrogens (tertiary/aromatic N) is 1. The van der Waals surface area contributed by atoms with Crippen molar-refractivity contribution in [2.24, 2.45) is 5.73 Å². The molecule has 0 aliphatic rings. The molecule has 0 aliphatic heterocycles. The first-order valence-corrected chi connectivity index (χ1v) is 7.05. The molecule has 0 unspecified atom stereocenters. The molecule has 0 spiro atoms. The van der Waals surface area contributed by atoms with Crippen molar-refractivity contribution in [3.8, 4) is 17.6 Å². The van der Waals surface area contributed by atoms with E-state index in [9.17, 15) is 5.26 Å². The molecule has 0 heterocycles. The number of nitriles is 1. The highest BCUT2D eigenvalue weighted by Gasteiger charge is 2.08. The van der Waals surface area contributed by atoms with Crippen LogP contribution in [0.4, 0.5) is 0 Å². The van der Waals surface area contributed by atoms with Gasteiger partial charge in [-0.3, -0.25) is 0 Å². The van der Waals surface area contributed by atoms with Crippen LogP contribution in [0.5, 0.6) is 11.5 Å². The van der Waals surface area contributed by atoms with Crippen LogP contribution in [-0.4, -0.2) is 0 Å². The van der Waals surface area contributed by atoms with Gasteiger partial charge in [-0.05, 0) is 42.3 Å². The van der Waals surface area contributed by atoms with Crippen molar-refractivity contribution in [3.05, 3.63) is 77.0 Å². The van der Waals surface area contributed by atoms with Crippen molar-refractivity contribution in [2.75, 3.05) is 0 Å². The lowest BCUT2D eigenvalue weighted by atomic mass is 10.0. The van der Waals surface area contributed by atoms with Gasteiger partial charge in [-0.2, -0.15) is 5.26 Å². The van der Waals surface area contributed by atoms with E-state index in [1.54, 1.807) is 0 Å². The molecule has 0 aromatic heterocycles. The first-order valence-electron chi connectivity index (χ1n) is 6.67. The normalized spacial score (nSPS) is 12.3. The fourth-order valence-corrected chi connectivity index (χ4v) is 2.13. The van der Waals surface area contributed by atoms with Gasteiger partial charge >= 0.3 is 0 Å². The Morgan fingerprint density at radius 2 is 1.68 bits per heavy atom. The van der Waals surface area contributed by atoms with Gasteiger partial charge in [0.25, 0.3) is 0 Å². The highest BCUT2D eigenvalue weighted by Crippen LogP contribution is 2.27. The van der Waals surface area contributed by atoms with E-state index in [2.05, 4.69) is 6.07 Å². The molecule has 2 N–H and O–H groups in total. The summed E-state index contributed by atoms with van der Waals surface area (Å²) in [7, 11) is 0. The number of allylic oxidation sites excluding steroid dienone is 3. The van der Waals surface area contributed by atoms with Gasteiger partial charge in [0.1, 0.15) is 17.6 Å². The Kier molecular flexibility index (Phi) is 5.24. The molecule has 0 amide bonds. The van der Waals surface area contributed by atoms with E-state index >= 15 is 0 Å². The van der Waals surface area contributed by atoms with Gasteiger partial charge in [-0.25, -0.2) is 0 Å². The molecule has 110 valence electrons. The van der Waals surface area contributed by atoms with E-state index in [4.69, 9.17) is 22.1 Å². The van der Waals surface area contributed by atoms with Crippen LogP contribution in [-0.2, 0) is 0 Å². The predicted molar refractivity (Wildman–Crippen MR) is 89.3 cm³/mol. The topological polar surface area (TPSA) is 59.0 Å². The van der Waals surface area contributed by atoms with Crippen LogP contribution >= 0.6 is 11.6 Å². The average molecular weight is 311 g/mol. The summed E-state index contributed by atoms with van der Waals surface area (Å²) >= 11 is 5.95. The molecule has 0 bridgehead atoms. The molecule has 4 heteroatoms. The van der Waals surface area contributed by atoms with Crippen LogP contribution in [0.2, 0.25) is 0 Å². The second kappa shape index (κ2) is 7.35. The Balaban J connectivity index is 2.25. The van der Waals surface area contributed by atoms with Crippen molar-refractivity contribution >= 4 is 17.2 Å². The Bertz CT molecular complexity index is 741. The Morgan fingerprint density at radius 1 is 1.09 bits per heavy atom. The molecule has 0 radical (unpaired) electrons. The fraction of sp³-hybridized carbons (Fsp3) is 0.0556. The summed E-state index contributed by atoms with van der Waals surface area (Å²) in [5.74, 6) is 1.50. The standard InChI is InChI=1S/C18H15ClN2O/c1-13(17(11-20)18(19)12-21)14-7-9-16(10-8-14)22-15-5-3-2-4-6-15/h2-10,12H,21H2,1H3/b17-13+,18-12+. The van der Waals surface area contributed by atoms with E-state index in [-0.39, 0.29) is 5.03 Å². The number of nitrogens with two attached hydrogens (primary N) is 1. The molecule has 3 nitrogen and oxygen atoms in total. The van der Waals surface area contributed by atoms with Crippen molar-refractivity contribution < 1.29 is 4.74 Å². The van der Waals surface area contributed by atoms with E-state index < -0.39 is 0 Å². The second-order valence-electron chi connectivity index (χ2n) is 4.57. The molecule has 0 saturated heterocycles. The van der Waals surface area contributed by atoms with Gasteiger partial charge in [0.05, 0.1) is 10.6 Å². The lowest BCUT2D eigenvalue weighted by molar-refractivity contribution is 0.482. The smallest absolute Gasteiger partial charge is 0.127 e. The molecule has 22 heavy (non-hydrogen) atoms. The molecule has 2 aromatic rings. The third kappa shape index (κ3) is 3.69. The largest absolute Gasteiger partial charge is 0.457 e. The first kappa shape index (κ1) is 15.7. The number of ether oxygens (including phenoxy) is 1. The minimum Gasteiger partial charge on any atom is -0.457 e. The quantitative estimate of drug-likeness (QED) is 0.651. The van der Waals surface area contributed by atoms with E-state index in [0.29, 0.717) is 5.57 Å². The summed E-state index contributed by atoms with van der Waals surface area (Å²) in [6.07, 6.45) is 1.22. The van der Waals surface area contributed by atoms with E-state index in [1.807, 2.05) is 61.5 Å². The number of hydrogen-bond acceptors (Lipinski definition) is 3. The Morgan fingerprint density at radius 3 is 2.23 bits per heavy atom. The van der Waals surface area contributed by atoms with Crippen LogP contribution < -0.4 is 10.5 Å². The summed E-state index contributed by atoms with van der Waals surface area (Å²) in [6.45, 7) is 1.83. The predicted octanol–water partition coefficient (Wildman–Crippen LogP) is 4.81. The van der Waals surface area contributed by atoms with Crippen LogP contribution in [0.25, 0.3) is 5.57 Å². The zero-order valence-corrected chi connectivity index (χ0v) is 12.8. The van der Waals surface area contributed by atoms with Gasteiger partial charge in [-0.15, -0.1) is 0 Å². The maximum atomic E-state index is 9.20. The highest BCUT2D eigenvalue weighted by atomic mass is 35.5. The van der Waals surface area contributed by atoms with Gasteiger partial charge in [0, 0.05) is 6.20 Å². The highest BCUT2D eigenvalue weighted by molar-refractivity contribution is 6.33. The van der Waals surface area contributed by atoms with Crippen LogP contribution in [0.1, 0.15) is 12.5 Å². The van der Waals surface area contributed by atoms with Crippen molar-refractivity contribution in [2.45, 2.75) is 6.92 Å². The summed E-state index contributed by atoms with van der Waals surface area (Å²) < 4.78 is 5.73. The Hall–Kier alpha value is -2.70. The van der Waals surface area contributed by atoms with Gasteiger partial charge in [-0.1, -0.05) is 41.9 Å². The lowest BCUT2D eigenvalue weighted by Crippen LogP contribution is -1.91. The molecular weight excluding hydrogens is 296 g/mol. The third-order valence-corrected chi connectivity index (χ3v) is 3.45. The molecule has 0 fully saturated rings. The Labute approximate surface area is 134 Å². The number of rotatable bonds is 4. The minimum absolute atomic E-state index is 0.240. The van der Waals surface area contributed by atoms with Crippen molar-refractivity contribution in [1.29, 1.82) is 5.26 Å². The molecule has 2 rings (SSSR count). The van der Waals surface area contributed by atoms with Crippen LogP contribution in [0.3, 0.4) is 0 Å². The number of hydrogen-bond donors (Lipinski definition) is 1.